The standard InChI is InChI=1S/C18H24O/c1-18-9-2-3-17(18)16-6-4-12-11-13(19)5-7-14(12)15(16)8-10-18/h5,7,11,15-17,19H,2-4,6,8-10H2,1H3/t15?,16?,17?,18-/m0/s1. The van der Waals surface area contributed by atoms with E-state index in [0.717, 1.165) is 17.8 Å². The summed E-state index contributed by atoms with van der Waals surface area (Å²) in [6.45, 7) is 2.55. The van der Waals surface area contributed by atoms with Gasteiger partial charge in [0.25, 0.3) is 0 Å². The topological polar surface area (TPSA) is 20.2 Å². The molecule has 3 unspecified atom stereocenters. The molecule has 1 nitrogen and oxygen atoms in total. The van der Waals surface area contributed by atoms with Gasteiger partial charge in [0.15, 0.2) is 0 Å². The van der Waals surface area contributed by atoms with E-state index in [1.54, 1.807) is 5.56 Å². The highest BCUT2D eigenvalue weighted by atomic mass is 16.3. The van der Waals surface area contributed by atoms with E-state index < -0.39 is 0 Å². The van der Waals surface area contributed by atoms with E-state index in [1.807, 2.05) is 12.1 Å². The van der Waals surface area contributed by atoms with Gasteiger partial charge in [0.1, 0.15) is 5.75 Å². The molecule has 0 heterocycles. The molecule has 3 aliphatic rings. The largest absolute Gasteiger partial charge is 0.508 e. The third kappa shape index (κ3) is 1.67. The molecule has 2 fully saturated rings. The van der Waals surface area contributed by atoms with Crippen molar-refractivity contribution < 1.29 is 5.11 Å². The summed E-state index contributed by atoms with van der Waals surface area (Å²) in [4.78, 5) is 0. The molecule has 0 aromatic heterocycles. The minimum absolute atomic E-state index is 0.443. The predicted molar refractivity (Wildman–Crippen MR) is 77.3 cm³/mol. The number of aromatic hydroxyl groups is 1. The zero-order valence-electron chi connectivity index (χ0n) is 11.9. The number of benzene rings is 1. The van der Waals surface area contributed by atoms with Gasteiger partial charge in [0.2, 0.25) is 0 Å². The summed E-state index contributed by atoms with van der Waals surface area (Å²) >= 11 is 0. The Kier molecular flexibility index (Phi) is 2.49. The van der Waals surface area contributed by atoms with Crippen LogP contribution in [0.1, 0.15) is 62.5 Å². The van der Waals surface area contributed by atoms with Gasteiger partial charge in [-0.2, -0.15) is 0 Å². The number of fused-ring (bicyclic) bond motifs is 5. The number of phenolic OH excluding ortho intramolecular Hbond substituents is 1. The zero-order valence-corrected chi connectivity index (χ0v) is 11.9. The fourth-order valence-electron chi connectivity index (χ4n) is 5.56. The van der Waals surface area contributed by atoms with Crippen LogP contribution >= 0.6 is 0 Å². The first-order valence-corrected chi connectivity index (χ1v) is 7.99. The lowest BCUT2D eigenvalue weighted by Crippen LogP contribution is -2.39. The van der Waals surface area contributed by atoms with E-state index in [9.17, 15) is 5.11 Å². The van der Waals surface area contributed by atoms with Crippen molar-refractivity contribution in [2.45, 2.75) is 57.8 Å². The van der Waals surface area contributed by atoms with Gasteiger partial charge in [-0.15, -0.1) is 0 Å². The number of aryl methyl sites for hydroxylation is 1. The molecule has 102 valence electrons. The van der Waals surface area contributed by atoms with Gasteiger partial charge >= 0.3 is 0 Å². The fourth-order valence-corrected chi connectivity index (χ4v) is 5.56. The zero-order chi connectivity index (χ0) is 13.0. The molecule has 1 heteroatoms. The lowest BCUT2D eigenvalue weighted by Gasteiger charge is -2.49. The van der Waals surface area contributed by atoms with Gasteiger partial charge in [-0.1, -0.05) is 19.4 Å². The number of hydrogen-bond donors (Lipinski definition) is 1. The Balaban J connectivity index is 1.72. The normalized spacial score (nSPS) is 40.4. The van der Waals surface area contributed by atoms with E-state index in [0.29, 0.717) is 11.2 Å². The van der Waals surface area contributed by atoms with Crippen molar-refractivity contribution in [2.24, 2.45) is 17.3 Å². The lowest BCUT2D eigenvalue weighted by atomic mass is 9.56. The van der Waals surface area contributed by atoms with Crippen LogP contribution in [0.2, 0.25) is 0 Å². The fraction of sp³-hybridized carbons (Fsp3) is 0.667. The van der Waals surface area contributed by atoms with Crippen molar-refractivity contribution >= 4 is 0 Å². The third-order valence-electron chi connectivity index (χ3n) is 6.49. The summed E-state index contributed by atoms with van der Waals surface area (Å²) < 4.78 is 0. The van der Waals surface area contributed by atoms with Crippen LogP contribution in [0.5, 0.6) is 5.75 Å². The molecule has 0 saturated heterocycles. The second-order valence-electron chi connectivity index (χ2n) is 7.38. The van der Waals surface area contributed by atoms with E-state index in [4.69, 9.17) is 0 Å². The first-order chi connectivity index (χ1) is 9.17. The molecule has 4 rings (SSSR count). The Hall–Kier alpha value is -0.980. The van der Waals surface area contributed by atoms with Crippen molar-refractivity contribution in [3.05, 3.63) is 29.3 Å². The van der Waals surface area contributed by atoms with Crippen LogP contribution in [-0.4, -0.2) is 5.11 Å². The number of phenols is 1. The average Bonchev–Trinajstić information content (AvgIpc) is 2.79. The molecule has 2 saturated carbocycles. The van der Waals surface area contributed by atoms with Crippen molar-refractivity contribution in [2.75, 3.05) is 0 Å². The highest BCUT2D eigenvalue weighted by molar-refractivity contribution is 5.40. The molecule has 0 aliphatic heterocycles. The van der Waals surface area contributed by atoms with Gasteiger partial charge < -0.3 is 5.11 Å². The second-order valence-corrected chi connectivity index (χ2v) is 7.38. The van der Waals surface area contributed by atoms with E-state index in [-0.39, 0.29) is 0 Å². The second kappa shape index (κ2) is 4.01. The Morgan fingerprint density at radius 2 is 2.05 bits per heavy atom. The minimum atomic E-state index is 0.443. The van der Waals surface area contributed by atoms with Crippen LogP contribution in [0.3, 0.4) is 0 Å². The maximum absolute atomic E-state index is 9.68. The lowest BCUT2D eigenvalue weighted by molar-refractivity contribution is 0.0598. The third-order valence-corrected chi connectivity index (χ3v) is 6.49. The average molecular weight is 256 g/mol. The molecular weight excluding hydrogens is 232 g/mol. The van der Waals surface area contributed by atoms with Crippen LogP contribution in [0, 0.1) is 17.3 Å². The molecule has 0 amide bonds. The highest BCUT2D eigenvalue weighted by Gasteiger charge is 2.50. The van der Waals surface area contributed by atoms with E-state index in [1.165, 1.54) is 50.5 Å². The van der Waals surface area contributed by atoms with Crippen molar-refractivity contribution in [3.8, 4) is 5.75 Å². The van der Waals surface area contributed by atoms with Gasteiger partial charge in [-0.3, -0.25) is 0 Å². The van der Waals surface area contributed by atoms with Crippen molar-refractivity contribution in [1.82, 2.24) is 0 Å². The van der Waals surface area contributed by atoms with Gasteiger partial charge in [0.05, 0.1) is 0 Å². The summed E-state index contributed by atoms with van der Waals surface area (Å²) in [5.74, 6) is 3.10. The van der Waals surface area contributed by atoms with Crippen LogP contribution in [0.4, 0.5) is 0 Å². The SMILES string of the molecule is C[C@@]12CCCC1C1CCc3cc(O)ccc3C1CC2. The van der Waals surface area contributed by atoms with Crippen molar-refractivity contribution in [3.63, 3.8) is 0 Å². The number of rotatable bonds is 0. The highest BCUT2D eigenvalue weighted by Crippen LogP contribution is 2.60. The molecular formula is C18H24O. The summed E-state index contributed by atoms with van der Waals surface area (Å²) in [5.41, 5.74) is 3.63. The molecule has 0 spiro atoms. The summed E-state index contributed by atoms with van der Waals surface area (Å²) in [5, 5.41) is 9.68. The smallest absolute Gasteiger partial charge is 0.115 e. The Bertz CT molecular complexity index is 506. The Morgan fingerprint density at radius 1 is 1.16 bits per heavy atom. The molecule has 4 atom stereocenters. The van der Waals surface area contributed by atoms with Crippen LogP contribution in [0.15, 0.2) is 18.2 Å². The number of hydrogen-bond acceptors (Lipinski definition) is 1. The Morgan fingerprint density at radius 3 is 2.95 bits per heavy atom. The maximum atomic E-state index is 9.68. The van der Waals surface area contributed by atoms with Crippen LogP contribution < -0.4 is 0 Å². The van der Waals surface area contributed by atoms with Gasteiger partial charge in [-0.05, 0) is 85.0 Å². The van der Waals surface area contributed by atoms with Gasteiger partial charge in [0, 0.05) is 0 Å². The summed E-state index contributed by atoms with van der Waals surface area (Å²) in [6, 6.07) is 6.11. The molecule has 1 aromatic rings. The molecule has 3 aliphatic carbocycles. The molecule has 1 aromatic carbocycles. The summed E-state index contributed by atoms with van der Waals surface area (Å²) in [6.07, 6.45) is 9.69. The molecule has 1 N–H and O–H groups in total. The molecule has 19 heavy (non-hydrogen) atoms. The van der Waals surface area contributed by atoms with Crippen LogP contribution in [-0.2, 0) is 6.42 Å². The maximum Gasteiger partial charge on any atom is 0.115 e. The van der Waals surface area contributed by atoms with Gasteiger partial charge in [-0.25, -0.2) is 0 Å². The summed E-state index contributed by atoms with van der Waals surface area (Å²) in [7, 11) is 0. The predicted octanol–water partition coefficient (Wildman–Crippen LogP) is 4.64. The quantitative estimate of drug-likeness (QED) is 0.717. The molecule has 0 bridgehead atoms. The molecule has 0 radical (unpaired) electrons. The van der Waals surface area contributed by atoms with Crippen LogP contribution in [0.25, 0.3) is 0 Å². The van der Waals surface area contributed by atoms with E-state index in [2.05, 4.69) is 13.0 Å². The van der Waals surface area contributed by atoms with E-state index >= 15 is 0 Å². The first-order valence-electron chi connectivity index (χ1n) is 7.99. The minimum Gasteiger partial charge on any atom is -0.508 e. The Labute approximate surface area is 116 Å². The van der Waals surface area contributed by atoms with Crippen molar-refractivity contribution in [1.29, 1.82) is 0 Å². The monoisotopic (exact) mass is 256 g/mol. The first kappa shape index (κ1) is 11.8.